The van der Waals surface area contributed by atoms with E-state index >= 15 is 0 Å². The molecule has 242 valence electrons. The molecule has 4 aromatic rings. The first-order valence-electron chi connectivity index (χ1n) is 13.1. The first-order chi connectivity index (χ1) is 21.3. The summed E-state index contributed by atoms with van der Waals surface area (Å²) in [4.78, 5) is 52.1. The van der Waals surface area contributed by atoms with Gasteiger partial charge in [0, 0.05) is 6.20 Å². The smallest absolute Gasteiger partial charge is 0.397 e. The quantitative estimate of drug-likeness (QED) is 0.116. The molecule has 3 aliphatic heterocycles. The molecule has 10 atom stereocenters. The highest BCUT2D eigenvalue weighted by Crippen LogP contribution is 2.53. The second-order valence-electron chi connectivity index (χ2n) is 10.3. The highest BCUT2D eigenvalue weighted by molar-refractivity contribution is 7.47. The molecule has 7 rings (SSSR count). The van der Waals surface area contributed by atoms with E-state index in [-0.39, 0.29) is 34.0 Å². The SMILES string of the molecule is Nc1nc2c(ncn2C2OC3COP(=O)(O)OC4C(COP(=O)(O)OC2C3O)OC(n2cnc3c(N)ccnc32)C4O)c(=O)[nH]1. The van der Waals surface area contributed by atoms with E-state index in [0.29, 0.717) is 0 Å². The Morgan fingerprint density at radius 2 is 1.47 bits per heavy atom. The van der Waals surface area contributed by atoms with Crippen molar-refractivity contribution < 1.29 is 56.7 Å². The summed E-state index contributed by atoms with van der Waals surface area (Å²) in [5, 5.41) is 22.1. The monoisotopic (exact) mass is 673 g/mol. The van der Waals surface area contributed by atoms with Gasteiger partial charge in [0.05, 0.1) is 31.6 Å². The number of nitrogens with one attached hydrogen (secondary N) is 1. The number of nitrogen functional groups attached to an aromatic ring is 2. The molecule has 0 amide bonds. The molecule has 45 heavy (non-hydrogen) atoms. The van der Waals surface area contributed by atoms with Crippen LogP contribution in [0.5, 0.6) is 0 Å². The molecule has 0 aromatic carbocycles. The maximum atomic E-state index is 13.2. The molecule has 4 aromatic heterocycles. The fraction of sp³-hybridized carbons (Fsp3) is 0.476. The van der Waals surface area contributed by atoms with Gasteiger partial charge in [-0.2, -0.15) is 4.98 Å². The molecular weight excluding hydrogens is 648 g/mol. The number of rotatable bonds is 2. The Bertz CT molecular complexity index is 1930. The lowest BCUT2D eigenvalue weighted by molar-refractivity contribution is -0.0672. The summed E-state index contributed by atoms with van der Waals surface area (Å²) < 4.78 is 61.2. The number of anilines is 2. The standard InChI is InChI=1S/C21H25N9O13P2/c22-7-1-2-24-16-10(7)25-5-29(16)19-13(32)14-9(41-19)4-39-45(36,37)43-15-12(31)8(3-38-44(34,35)42-14)40-20(15)30-6-26-11-17(30)27-21(23)28-18(11)33/h1-2,5-6,8-9,12-15,19-20,31-32H,3-4H2,(H2,22,24)(H,34,35)(H,36,37)(H3,23,27,28,33). The van der Waals surface area contributed by atoms with Crippen molar-refractivity contribution in [1.29, 1.82) is 0 Å². The predicted molar refractivity (Wildman–Crippen MR) is 146 cm³/mol. The van der Waals surface area contributed by atoms with Crippen molar-refractivity contribution in [3.8, 4) is 0 Å². The number of aromatic nitrogens is 7. The van der Waals surface area contributed by atoms with E-state index in [0.717, 1.165) is 10.9 Å². The molecule has 0 spiro atoms. The molecule has 24 heteroatoms. The van der Waals surface area contributed by atoms with E-state index in [1.165, 1.54) is 23.2 Å². The van der Waals surface area contributed by atoms with Gasteiger partial charge in [0.1, 0.15) is 42.1 Å². The normalized spacial score (nSPS) is 37.7. The minimum atomic E-state index is -5.11. The largest absolute Gasteiger partial charge is 0.472 e. The van der Waals surface area contributed by atoms with Gasteiger partial charge in [-0.3, -0.25) is 37.0 Å². The zero-order chi connectivity index (χ0) is 31.8. The van der Waals surface area contributed by atoms with Gasteiger partial charge in [0.15, 0.2) is 29.3 Å². The lowest BCUT2D eigenvalue weighted by Gasteiger charge is -2.25. The number of phosphoric acid groups is 2. The average Bonchev–Trinajstić information content (AvgIpc) is 3.72. The number of hydrogen-bond donors (Lipinski definition) is 7. The highest BCUT2D eigenvalue weighted by atomic mass is 31.2. The van der Waals surface area contributed by atoms with Gasteiger partial charge in [-0.25, -0.2) is 24.1 Å². The minimum absolute atomic E-state index is 0.125. The van der Waals surface area contributed by atoms with Crippen molar-refractivity contribution in [2.45, 2.75) is 49.1 Å². The Kier molecular flexibility index (Phi) is 7.32. The number of aromatic amines is 1. The van der Waals surface area contributed by atoms with E-state index in [9.17, 15) is 33.9 Å². The van der Waals surface area contributed by atoms with E-state index in [1.807, 2.05) is 0 Å². The fourth-order valence-corrected chi connectivity index (χ4v) is 7.28. The van der Waals surface area contributed by atoms with Gasteiger partial charge in [-0.15, -0.1) is 0 Å². The second kappa shape index (κ2) is 10.9. The van der Waals surface area contributed by atoms with Crippen molar-refractivity contribution in [2.24, 2.45) is 0 Å². The van der Waals surface area contributed by atoms with Gasteiger partial charge < -0.3 is 40.9 Å². The molecule has 0 radical (unpaired) electrons. The third-order valence-electron chi connectivity index (χ3n) is 7.43. The van der Waals surface area contributed by atoms with Crippen molar-refractivity contribution in [3.05, 3.63) is 35.3 Å². The number of aliphatic hydroxyl groups excluding tert-OH is 2. The van der Waals surface area contributed by atoms with Gasteiger partial charge >= 0.3 is 15.6 Å². The molecular formula is C21H25N9O13P2. The van der Waals surface area contributed by atoms with Crippen LogP contribution in [0.3, 0.4) is 0 Å². The van der Waals surface area contributed by atoms with Crippen LogP contribution in [0.15, 0.2) is 29.7 Å². The number of imidazole rings is 2. The van der Waals surface area contributed by atoms with E-state index < -0.39 is 83.5 Å². The molecule has 3 aliphatic rings. The van der Waals surface area contributed by atoms with Crippen LogP contribution in [0.25, 0.3) is 22.3 Å². The van der Waals surface area contributed by atoms with Crippen molar-refractivity contribution >= 4 is 49.6 Å². The first kappa shape index (κ1) is 30.3. The van der Waals surface area contributed by atoms with Gasteiger partial charge in [-0.05, 0) is 6.07 Å². The Balaban J connectivity index is 1.21. The summed E-state index contributed by atoms with van der Waals surface area (Å²) in [6.45, 7) is -1.63. The molecule has 0 aliphatic carbocycles. The van der Waals surface area contributed by atoms with Crippen LogP contribution >= 0.6 is 15.6 Å². The minimum Gasteiger partial charge on any atom is -0.397 e. The number of nitrogens with two attached hydrogens (primary N) is 2. The summed E-state index contributed by atoms with van der Waals surface area (Å²) in [6.07, 6.45) is -8.82. The number of pyridine rings is 1. The first-order valence-corrected chi connectivity index (χ1v) is 16.1. The predicted octanol–water partition coefficient (Wildman–Crippen LogP) is -1.74. The lowest BCUT2D eigenvalue weighted by atomic mass is 10.1. The summed E-state index contributed by atoms with van der Waals surface area (Å²) >= 11 is 0. The summed E-state index contributed by atoms with van der Waals surface area (Å²) in [6, 6.07) is 1.51. The van der Waals surface area contributed by atoms with Crippen LogP contribution in [0.4, 0.5) is 11.6 Å². The molecule has 0 saturated carbocycles. The number of hydrogen-bond acceptors (Lipinski definition) is 17. The van der Waals surface area contributed by atoms with Crippen molar-refractivity contribution in [3.63, 3.8) is 0 Å². The Morgan fingerprint density at radius 1 is 0.844 bits per heavy atom. The topological polar surface area (TPSA) is 317 Å². The number of nitrogens with zero attached hydrogens (tertiary/aromatic N) is 6. The lowest BCUT2D eigenvalue weighted by Crippen LogP contribution is -2.36. The number of fused-ring (bicyclic) bond motifs is 5. The number of phosphoric ester groups is 2. The van der Waals surface area contributed by atoms with Gasteiger partial charge in [-0.1, -0.05) is 0 Å². The van der Waals surface area contributed by atoms with Crippen LogP contribution in [-0.4, -0.2) is 104 Å². The zero-order valence-electron chi connectivity index (χ0n) is 22.5. The fourth-order valence-electron chi connectivity index (χ4n) is 5.38. The number of aliphatic hydroxyl groups is 2. The summed E-state index contributed by atoms with van der Waals surface area (Å²) in [7, 11) is -10.2. The van der Waals surface area contributed by atoms with Crippen molar-refractivity contribution in [1.82, 2.24) is 34.1 Å². The van der Waals surface area contributed by atoms with Crippen molar-refractivity contribution in [2.75, 3.05) is 24.7 Å². The Hall–Kier alpha value is -3.37. The molecule has 10 unspecified atom stereocenters. The second-order valence-corrected chi connectivity index (χ2v) is 13.1. The Labute approximate surface area is 249 Å². The van der Waals surface area contributed by atoms with E-state index in [2.05, 4.69) is 24.9 Å². The third-order valence-corrected chi connectivity index (χ3v) is 9.40. The van der Waals surface area contributed by atoms with Crippen LogP contribution in [-0.2, 0) is 36.7 Å². The van der Waals surface area contributed by atoms with Crippen LogP contribution in [0.2, 0.25) is 0 Å². The molecule has 22 nitrogen and oxygen atoms in total. The molecule has 9 N–H and O–H groups in total. The van der Waals surface area contributed by atoms with Gasteiger partial charge in [0.2, 0.25) is 5.95 Å². The molecule has 3 fully saturated rings. The summed E-state index contributed by atoms with van der Waals surface area (Å²) in [5.74, 6) is -0.281. The maximum absolute atomic E-state index is 13.2. The number of ether oxygens (including phenoxy) is 2. The van der Waals surface area contributed by atoms with Crippen LogP contribution in [0, 0.1) is 0 Å². The number of H-pyrrole nitrogens is 1. The highest BCUT2D eigenvalue weighted by Gasteiger charge is 2.54. The van der Waals surface area contributed by atoms with E-state index in [1.54, 1.807) is 0 Å². The molecule has 3 saturated heterocycles. The molecule has 2 bridgehead atoms. The van der Waals surface area contributed by atoms with Crippen LogP contribution in [0.1, 0.15) is 12.5 Å². The average molecular weight is 673 g/mol. The van der Waals surface area contributed by atoms with Gasteiger partial charge in [0.25, 0.3) is 5.56 Å². The van der Waals surface area contributed by atoms with Crippen LogP contribution < -0.4 is 17.0 Å². The third kappa shape index (κ3) is 5.33. The van der Waals surface area contributed by atoms with E-state index in [4.69, 9.17) is 39.0 Å². The maximum Gasteiger partial charge on any atom is 0.472 e. The Morgan fingerprint density at radius 3 is 2.20 bits per heavy atom. The summed E-state index contributed by atoms with van der Waals surface area (Å²) in [5.41, 5.74) is 11.4. The zero-order valence-corrected chi connectivity index (χ0v) is 24.3. The molecule has 7 heterocycles.